The highest BCUT2D eigenvalue weighted by Crippen LogP contribution is 2.34. The number of nitrogens with two attached hydrogens (primary N) is 1. The Morgan fingerprint density at radius 3 is 2.50 bits per heavy atom. The molecule has 104 valence electrons. The van der Waals surface area contributed by atoms with Crippen LogP contribution in [0.1, 0.15) is 58.5 Å². The second-order valence-corrected chi connectivity index (χ2v) is 5.46. The standard InChI is InChI=1S/C12H23N3O3/c1-6-17-9(12(3,4)5)10-14-11(18-15-10)8(13)7(2)16/h7-9,16H,6,13H2,1-5H3. The molecule has 1 aromatic rings. The fourth-order valence-corrected chi connectivity index (χ4v) is 1.57. The molecular formula is C12H23N3O3. The minimum absolute atomic E-state index is 0.147. The monoisotopic (exact) mass is 257 g/mol. The number of aliphatic hydroxyl groups excluding tert-OH is 1. The van der Waals surface area contributed by atoms with E-state index in [1.807, 2.05) is 27.7 Å². The lowest BCUT2D eigenvalue weighted by atomic mass is 9.88. The van der Waals surface area contributed by atoms with Crippen LogP contribution in [-0.2, 0) is 4.74 Å². The summed E-state index contributed by atoms with van der Waals surface area (Å²) in [6, 6.07) is -0.673. The number of rotatable bonds is 5. The Morgan fingerprint density at radius 1 is 1.44 bits per heavy atom. The molecule has 1 heterocycles. The molecule has 3 unspecified atom stereocenters. The second kappa shape index (κ2) is 5.77. The molecule has 3 atom stereocenters. The zero-order valence-corrected chi connectivity index (χ0v) is 11.7. The lowest BCUT2D eigenvalue weighted by Crippen LogP contribution is -2.25. The van der Waals surface area contributed by atoms with Gasteiger partial charge in [-0.2, -0.15) is 4.98 Å². The summed E-state index contributed by atoms with van der Waals surface area (Å²) >= 11 is 0. The molecule has 18 heavy (non-hydrogen) atoms. The molecule has 1 aromatic heterocycles. The van der Waals surface area contributed by atoms with Crippen LogP contribution in [0.2, 0.25) is 0 Å². The van der Waals surface area contributed by atoms with Crippen molar-refractivity contribution in [3.05, 3.63) is 11.7 Å². The van der Waals surface area contributed by atoms with Gasteiger partial charge in [0.1, 0.15) is 12.1 Å². The minimum Gasteiger partial charge on any atom is -0.391 e. The normalized spacial score (nSPS) is 17.5. The van der Waals surface area contributed by atoms with Crippen molar-refractivity contribution in [2.75, 3.05) is 6.61 Å². The van der Waals surface area contributed by atoms with Gasteiger partial charge in [0.25, 0.3) is 0 Å². The zero-order valence-electron chi connectivity index (χ0n) is 11.7. The van der Waals surface area contributed by atoms with E-state index in [2.05, 4.69) is 10.1 Å². The first-order valence-corrected chi connectivity index (χ1v) is 6.16. The van der Waals surface area contributed by atoms with Gasteiger partial charge in [-0.1, -0.05) is 25.9 Å². The summed E-state index contributed by atoms with van der Waals surface area (Å²) in [7, 11) is 0. The number of aromatic nitrogens is 2. The van der Waals surface area contributed by atoms with Crippen LogP contribution >= 0.6 is 0 Å². The van der Waals surface area contributed by atoms with E-state index in [0.29, 0.717) is 12.4 Å². The predicted octanol–water partition coefficient (Wildman–Crippen LogP) is 1.57. The van der Waals surface area contributed by atoms with Crippen molar-refractivity contribution < 1.29 is 14.4 Å². The molecule has 6 heteroatoms. The molecule has 0 aliphatic heterocycles. The molecule has 0 saturated heterocycles. The summed E-state index contributed by atoms with van der Waals surface area (Å²) in [5.74, 6) is 0.699. The quantitative estimate of drug-likeness (QED) is 0.831. The highest BCUT2D eigenvalue weighted by atomic mass is 16.5. The number of ether oxygens (including phenoxy) is 1. The first-order chi connectivity index (χ1) is 8.27. The summed E-state index contributed by atoms with van der Waals surface area (Å²) < 4.78 is 10.7. The molecule has 0 saturated carbocycles. The lowest BCUT2D eigenvalue weighted by Gasteiger charge is -2.27. The van der Waals surface area contributed by atoms with Gasteiger partial charge in [-0.05, 0) is 19.3 Å². The van der Waals surface area contributed by atoms with Crippen molar-refractivity contribution in [2.45, 2.75) is 52.9 Å². The van der Waals surface area contributed by atoms with Crippen LogP contribution in [-0.4, -0.2) is 28.0 Å². The van der Waals surface area contributed by atoms with Crippen molar-refractivity contribution in [3.63, 3.8) is 0 Å². The third kappa shape index (κ3) is 3.51. The number of aliphatic hydroxyl groups is 1. The van der Waals surface area contributed by atoms with E-state index in [0.717, 1.165) is 0 Å². The molecule has 0 bridgehead atoms. The maximum atomic E-state index is 9.40. The Hall–Kier alpha value is -0.980. The average Bonchev–Trinajstić information content (AvgIpc) is 2.71. The van der Waals surface area contributed by atoms with E-state index in [4.69, 9.17) is 15.0 Å². The topological polar surface area (TPSA) is 94.4 Å². The van der Waals surface area contributed by atoms with Gasteiger partial charge in [-0.3, -0.25) is 0 Å². The van der Waals surface area contributed by atoms with Crippen molar-refractivity contribution in [1.82, 2.24) is 10.1 Å². The van der Waals surface area contributed by atoms with Crippen molar-refractivity contribution in [3.8, 4) is 0 Å². The van der Waals surface area contributed by atoms with E-state index in [-0.39, 0.29) is 17.4 Å². The predicted molar refractivity (Wildman–Crippen MR) is 66.7 cm³/mol. The smallest absolute Gasteiger partial charge is 0.246 e. The SMILES string of the molecule is CCOC(c1noc(C(N)C(C)O)n1)C(C)(C)C. The van der Waals surface area contributed by atoms with Gasteiger partial charge < -0.3 is 20.1 Å². The van der Waals surface area contributed by atoms with Crippen molar-refractivity contribution >= 4 is 0 Å². The molecule has 0 aromatic carbocycles. The molecule has 0 fully saturated rings. The van der Waals surface area contributed by atoms with E-state index in [1.54, 1.807) is 6.92 Å². The van der Waals surface area contributed by atoms with Gasteiger partial charge in [-0.15, -0.1) is 0 Å². The molecule has 0 spiro atoms. The van der Waals surface area contributed by atoms with Crippen LogP contribution in [0.15, 0.2) is 4.52 Å². The van der Waals surface area contributed by atoms with E-state index < -0.39 is 12.1 Å². The number of nitrogens with zero attached hydrogens (tertiary/aromatic N) is 2. The summed E-state index contributed by atoms with van der Waals surface area (Å²) in [6.07, 6.45) is -1.00. The molecule has 0 radical (unpaired) electrons. The van der Waals surface area contributed by atoms with Gasteiger partial charge in [0.2, 0.25) is 11.7 Å². The summed E-state index contributed by atoms with van der Waals surface area (Å²) in [6.45, 7) is 10.2. The summed E-state index contributed by atoms with van der Waals surface area (Å²) in [5, 5.41) is 13.3. The Balaban J connectivity index is 2.95. The maximum absolute atomic E-state index is 9.40. The van der Waals surface area contributed by atoms with Gasteiger partial charge >= 0.3 is 0 Å². The van der Waals surface area contributed by atoms with Gasteiger partial charge in [0, 0.05) is 6.61 Å². The average molecular weight is 257 g/mol. The summed E-state index contributed by atoms with van der Waals surface area (Å²) in [5.41, 5.74) is 5.60. The van der Waals surface area contributed by atoms with Gasteiger partial charge in [0.05, 0.1) is 6.10 Å². The van der Waals surface area contributed by atoms with Crippen LogP contribution in [0.4, 0.5) is 0 Å². The van der Waals surface area contributed by atoms with Crippen LogP contribution in [0, 0.1) is 5.41 Å². The van der Waals surface area contributed by atoms with Crippen LogP contribution in [0.3, 0.4) is 0 Å². The Bertz CT molecular complexity index is 371. The highest BCUT2D eigenvalue weighted by molar-refractivity contribution is 4.99. The Kier molecular flexibility index (Phi) is 4.84. The van der Waals surface area contributed by atoms with Gasteiger partial charge in [-0.25, -0.2) is 0 Å². The fourth-order valence-electron chi connectivity index (χ4n) is 1.57. The largest absolute Gasteiger partial charge is 0.391 e. The second-order valence-electron chi connectivity index (χ2n) is 5.46. The van der Waals surface area contributed by atoms with E-state index in [9.17, 15) is 5.11 Å². The third-order valence-corrected chi connectivity index (χ3v) is 2.62. The lowest BCUT2D eigenvalue weighted by molar-refractivity contribution is -0.0203. The van der Waals surface area contributed by atoms with Gasteiger partial charge in [0.15, 0.2) is 0 Å². The van der Waals surface area contributed by atoms with E-state index >= 15 is 0 Å². The molecule has 3 N–H and O–H groups in total. The summed E-state index contributed by atoms with van der Waals surface area (Å²) in [4.78, 5) is 4.23. The molecule has 0 aliphatic rings. The van der Waals surface area contributed by atoms with Crippen LogP contribution in [0.5, 0.6) is 0 Å². The molecule has 0 amide bonds. The minimum atomic E-state index is -0.738. The third-order valence-electron chi connectivity index (χ3n) is 2.62. The zero-order chi connectivity index (χ0) is 13.9. The first-order valence-electron chi connectivity index (χ1n) is 6.16. The molecule has 1 rings (SSSR count). The molecule has 0 aliphatic carbocycles. The molecule has 6 nitrogen and oxygen atoms in total. The maximum Gasteiger partial charge on any atom is 0.246 e. The Labute approximate surface area is 108 Å². The van der Waals surface area contributed by atoms with E-state index in [1.165, 1.54) is 0 Å². The first kappa shape index (κ1) is 15.1. The number of hydrogen-bond acceptors (Lipinski definition) is 6. The number of hydrogen-bond donors (Lipinski definition) is 2. The van der Waals surface area contributed by atoms with Crippen LogP contribution < -0.4 is 5.73 Å². The Morgan fingerprint density at radius 2 is 2.06 bits per heavy atom. The highest BCUT2D eigenvalue weighted by Gasteiger charge is 2.32. The van der Waals surface area contributed by atoms with Crippen molar-refractivity contribution in [1.29, 1.82) is 0 Å². The molecular weight excluding hydrogens is 234 g/mol. The van der Waals surface area contributed by atoms with Crippen LogP contribution in [0.25, 0.3) is 0 Å². The fraction of sp³-hybridized carbons (Fsp3) is 0.833. The van der Waals surface area contributed by atoms with Crippen molar-refractivity contribution in [2.24, 2.45) is 11.1 Å².